The maximum atomic E-state index is 5.78. The van der Waals surface area contributed by atoms with E-state index in [1.807, 2.05) is 24.3 Å². The van der Waals surface area contributed by atoms with Gasteiger partial charge in [-0.15, -0.1) is 16.4 Å². The van der Waals surface area contributed by atoms with E-state index in [4.69, 9.17) is 9.47 Å². The van der Waals surface area contributed by atoms with Crippen molar-refractivity contribution in [2.75, 3.05) is 7.11 Å². The summed E-state index contributed by atoms with van der Waals surface area (Å²) in [7, 11) is 1.64. The number of hydrogen-bond acceptors (Lipinski definition) is 6. The van der Waals surface area contributed by atoms with Crippen LogP contribution in [0.5, 0.6) is 11.5 Å². The number of ether oxygens (including phenoxy) is 2. The molecule has 0 saturated carbocycles. The van der Waals surface area contributed by atoms with Crippen LogP contribution in [0.15, 0.2) is 30.6 Å². The molecule has 0 aliphatic carbocycles. The zero-order valence-corrected chi connectivity index (χ0v) is 15.1. The van der Waals surface area contributed by atoms with E-state index in [-0.39, 0.29) is 0 Å². The summed E-state index contributed by atoms with van der Waals surface area (Å²) in [5.41, 5.74) is 2.15. The zero-order valence-electron chi connectivity index (χ0n) is 14.3. The maximum Gasteiger partial charge on any atom is 0.189 e. The Kier molecular flexibility index (Phi) is 4.01. The van der Waals surface area contributed by atoms with Gasteiger partial charge in [0.15, 0.2) is 11.5 Å². The monoisotopic (exact) mass is 354 g/mol. The van der Waals surface area contributed by atoms with Gasteiger partial charge < -0.3 is 9.47 Å². The van der Waals surface area contributed by atoms with Gasteiger partial charge in [0.1, 0.15) is 29.3 Å². The van der Waals surface area contributed by atoms with Crippen molar-refractivity contribution in [3.8, 4) is 11.5 Å². The number of fused-ring (bicyclic) bond motifs is 3. The van der Waals surface area contributed by atoms with Gasteiger partial charge in [-0.25, -0.2) is 14.5 Å². The van der Waals surface area contributed by atoms with Crippen molar-refractivity contribution >= 4 is 27.2 Å². The Hall–Kier alpha value is -2.67. The lowest BCUT2D eigenvalue weighted by Gasteiger charge is -2.04. The Morgan fingerprint density at radius 2 is 1.92 bits per heavy atom. The molecule has 0 amide bonds. The Balaban J connectivity index is 1.65. The lowest BCUT2D eigenvalue weighted by molar-refractivity contribution is 0.295. The van der Waals surface area contributed by atoms with E-state index in [2.05, 4.69) is 28.9 Å². The molecular weight excluding hydrogens is 336 g/mol. The van der Waals surface area contributed by atoms with Gasteiger partial charge in [-0.3, -0.25) is 0 Å². The van der Waals surface area contributed by atoms with Crippen LogP contribution in [-0.4, -0.2) is 26.7 Å². The normalized spacial score (nSPS) is 11.3. The molecule has 0 atom stereocenters. The summed E-state index contributed by atoms with van der Waals surface area (Å²) in [6.45, 7) is 4.59. The number of nitrogens with zero attached hydrogens (tertiary/aromatic N) is 4. The van der Waals surface area contributed by atoms with Crippen LogP contribution in [-0.2, 0) is 13.0 Å². The summed E-state index contributed by atoms with van der Waals surface area (Å²) in [5, 5.41) is 5.60. The highest BCUT2D eigenvalue weighted by atomic mass is 32.1. The highest BCUT2D eigenvalue weighted by Crippen LogP contribution is 2.32. The van der Waals surface area contributed by atoms with Crippen molar-refractivity contribution in [3.63, 3.8) is 0 Å². The van der Waals surface area contributed by atoms with Crippen molar-refractivity contribution in [2.24, 2.45) is 0 Å². The molecule has 1 aromatic carbocycles. The van der Waals surface area contributed by atoms with Crippen LogP contribution < -0.4 is 9.47 Å². The summed E-state index contributed by atoms with van der Waals surface area (Å²) in [5.74, 6) is 2.19. The first kappa shape index (κ1) is 15.8. The minimum absolute atomic E-state index is 0.306. The topological polar surface area (TPSA) is 61.5 Å². The third-order valence-corrected chi connectivity index (χ3v) is 5.21. The fourth-order valence-electron chi connectivity index (χ4n) is 2.92. The van der Waals surface area contributed by atoms with Crippen molar-refractivity contribution < 1.29 is 9.47 Å². The maximum absolute atomic E-state index is 5.78. The molecule has 3 aromatic heterocycles. The molecule has 4 rings (SSSR count). The average molecular weight is 354 g/mol. The van der Waals surface area contributed by atoms with Gasteiger partial charge in [0.05, 0.1) is 12.5 Å². The second-order valence-electron chi connectivity index (χ2n) is 5.68. The van der Waals surface area contributed by atoms with E-state index in [1.54, 1.807) is 29.3 Å². The van der Waals surface area contributed by atoms with Crippen molar-refractivity contribution in [3.05, 3.63) is 46.9 Å². The number of rotatable bonds is 5. The van der Waals surface area contributed by atoms with Gasteiger partial charge in [0.2, 0.25) is 0 Å². The number of methoxy groups -OCH3 is 1. The first-order valence-corrected chi connectivity index (χ1v) is 8.90. The van der Waals surface area contributed by atoms with Gasteiger partial charge in [-0.2, -0.15) is 0 Å². The second kappa shape index (κ2) is 6.33. The van der Waals surface area contributed by atoms with E-state index in [0.29, 0.717) is 12.4 Å². The van der Waals surface area contributed by atoms with Crippen LogP contribution >= 0.6 is 11.3 Å². The predicted molar refractivity (Wildman–Crippen MR) is 97.6 cm³/mol. The minimum atomic E-state index is 0.306. The summed E-state index contributed by atoms with van der Waals surface area (Å²) in [4.78, 5) is 11.5. The molecule has 25 heavy (non-hydrogen) atoms. The van der Waals surface area contributed by atoms with Crippen LogP contribution in [0.4, 0.5) is 0 Å². The van der Waals surface area contributed by atoms with Gasteiger partial charge >= 0.3 is 0 Å². The molecule has 0 saturated heterocycles. The lowest BCUT2D eigenvalue weighted by Crippen LogP contribution is -1.98. The van der Waals surface area contributed by atoms with Crippen LogP contribution in [0.25, 0.3) is 15.9 Å². The molecule has 0 aliphatic rings. The Morgan fingerprint density at radius 3 is 2.64 bits per heavy atom. The molecule has 0 bridgehead atoms. The Labute approximate surface area is 149 Å². The number of aryl methyl sites for hydroxylation is 2. The van der Waals surface area contributed by atoms with Crippen molar-refractivity contribution in [1.82, 2.24) is 19.6 Å². The predicted octanol–water partition coefficient (Wildman–Crippen LogP) is 3.80. The second-order valence-corrected chi connectivity index (χ2v) is 6.88. The quantitative estimate of drug-likeness (QED) is 0.545. The van der Waals surface area contributed by atoms with E-state index >= 15 is 0 Å². The molecule has 128 valence electrons. The third-order valence-electron chi connectivity index (χ3n) is 4.15. The largest absolute Gasteiger partial charge is 0.497 e. The number of hydrogen-bond donors (Lipinski definition) is 0. The fourth-order valence-corrected chi connectivity index (χ4v) is 3.99. The molecule has 0 N–H and O–H groups in total. The number of aromatic nitrogens is 4. The fraction of sp³-hybridized carbons (Fsp3) is 0.278. The van der Waals surface area contributed by atoms with Gasteiger partial charge in [-0.1, -0.05) is 6.92 Å². The van der Waals surface area contributed by atoms with Gasteiger partial charge in [0.25, 0.3) is 0 Å². The highest BCUT2D eigenvalue weighted by Gasteiger charge is 2.15. The lowest BCUT2D eigenvalue weighted by atomic mass is 10.1. The molecule has 0 spiro atoms. The molecule has 3 heterocycles. The van der Waals surface area contributed by atoms with E-state index in [1.165, 1.54) is 10.4 Å². The molecular formula is C18H18N4O2S. The van der Waals surface area contributed by atoms with Gasteiger partial charge in [0, 0.05) is 4.88 Å². The summed E-state index contributed by atoms with van der Waals surface area (Å²) in [6, 6.07) is 7.46. The van der Waals surface area contributed by atoms with E-state index in [0.717, 1.165) is 33.8 Å². The Bertz CT molecular complexity index is 1040. The van der Waals surface area contributed by atoms with E-state index < -0.39 is 0 Å². The molecule has 6 nitrogen and oxygen atoms in total. The zero-order chi connectivity index (χ0) is 17.4. The summed E-state index contributed by atoms with van der Waals surface area (Å²) < 4.78 is 12.7. The minimum Gasteiger partial charge on any atom is -0.497 e. The van der Waals surface area contributed by atoms with Crippen LogP contribution in [0.3, 0.4) is 0 Å². The summed E-state index contributed by atoms with van der Waals surface area (Å²) in [6.07, 6.45) is 2.68. The van der Waals surface area contributed by atoms with E-state index in [9.17, 15) is 0 Å². The number of benzene rings is 1. The molecule has 0 fully saturated rings. The van der Waals surface area contributed by atoms with Crippen LogP contribution in [0.1, 0.15) is 23.2 Å². The molecule has 4 aromatic rings. The van der Waals surface area contributed by atoms with Crippen LogP contribution in [0, 0.1) is 6.92 Å². The third kappa shape index (κ3) is 2.80. The van der Waals surface area contributed by atoms with Gasteiger partial charge in [-0.05, 0) is 43.2 Å². The highest BCUT2D eigenvalue weighted by molar-refractivity contribution is 7.18. The SMILES string of the molecule is CCc1c(C)sc2ncn3nc(COc4ccc(OC)cc4)nc3c12. The van der Waals surface area contributed by atoms with Crippen molar-refractivity contribution in [2.45, 2.75) is 26.9 Å². The molecule has 0 radical (unpaired) electrons. The van der Waals surface area contributed by atoms with Crippen LogP contribution in [0.2, 0.25) is 0 Å². The smallest absolute Gasteiger partial charge is 0.189 e. The van der Waals surface area contributed by atoms with Crippen molar-refractivity contribution in [1.29, 1.82) is 0 Å². The first-order chi connectivity index (χ1) is 12.2. The number of thiophene rings is 1. The average Bonchev–Trinajstić information content (AvgIpc) is 3.19. The Morgan fingerprint density at radius 1 is 1.16 bits per heavy atom. The summed E-state index contributed by atoms with van der Waals surface area (Å²) >= 11 is 1.71. The first-order valence-electron chi connectivity index (χ1n) is 8.08. The molecule has 0 aliphatic heterocycles. The standard InChI is InChI=1S/C18H18N4O2S/c1-4-14-11(2)25-18-16(14)17-20-15(21-22(17)10-19-18)9-24-13-7-5-12(23-3)6-8-13/h5-8,10H,4,9H2,1-3H3. The molecule has 7 heteroatoms. The molecule has 0 unspecified atom stereocenters.